The summed E-state index contributed by atoms with van der Waals surface area (Å²) < 4.78 is 12.3. The number of anilines is 1. The fourth-order valence-corrected chi connectivity index (χ4v) is 2.91. The highest BCUT2D eigenvalue weighted by atomic mass is 16.5. The van der Waals surface area contributed by atoms with E-state index in [1.807, 2.05) is 30.3 Å². The first kappa shape index (κ1) is 17.3. The number of pyridine rings is 1. The summed E-state index contributed by atoms with van der Waals surface area (Å²) in [4.78, 5) is 8.78. The third kappa shape index (κ3) is 2.95. The lowest BCUT2D eigenvalue weighted by Gasteiger charge is -2.10. The van der Waals surface area contributed by atoms with E-state index in [1.165, 1.54) is 6.20 Å². The van der Waals surface area contributed by atoms with E-state index < -0.39 is 0 Å². The average Bonchev–Trinajstić information content (AvgIpc) is 3.17. The van der Waals surface area contributed by atoms with Crippen LogP contribution in [-0.2, 0) is 0 Å². The van der Waals surface area contributed by atoms with Gasteiger partial charge in [0.2, 0.25) is 0 Å². The third-order valence-electron chi connectivity index (χ3n) is 4.29. The van der Waals surface area contributed by atoms with Crippen LogP contribution in [0.15, 0.2) is 49.1 Å². The van der Waals surface area contributed by atoms with Crippen molar-refractivity contribution in [3.05, 3.63) is 60.3 Å². The number of aromatic nitrogens is 4. The van der Waals surface area contributed by atoms with Crippen molar-refractivity contribution in [2.24, 2.45) is 0 Å². The first-order chi connectivity index (χ1) is 13.7. The van der Waals surface area contributed by atoms with Crippen LogP contribution < -0.4 is 14.8 Å². The van der Waals surface area contributed by atoms with E-state index in [-0.39, 0.29) is 0 Å². The van der Waals surface area contributed by atoms with Gasteiger partial charge in [0.15, 0.2) is 5.65 Å². The number of fused-ring (bicyclic) bond motifs is 3. The molecule has 8 heteroatoms. The number of hydrogen-bond acceptors (Lipinski definition) is 7. The van der Waals surface area contributed by atoms with Gasteiger partial charge >= 0.3 is 0 Å². The molecule has 138 valence electrons. The molecule has 0 saturated heterocycles. The van der Waals surface area contributed by atoms with E-state index in [1.54, 1.807) is 37.3 Å². The number of benzene rings is 1. The van der Waals surface area contributed by atoms with E-state index in [0.717, 1.165) is 28.0 Å². The molecule has 4 rings (SSSR count). The van der Waals surface area contributed by atoms with Crippen molar-refractivity contribution < 1.29 is 9.47 Å². The first-order valence-electron chi connectivity index (χ1n) is 8.42. The summed E-state index contributed by atoms with van der Waals surface area (Å²) >= 11 is 0. The maximum atomic E-state index is 9.16. The SMILES string of the molecule is COc1ccc(OC)c(N/C=C/c2nccc3c2cnc2c(C#N)cnn23)c1. The zero-order valence-corrected chi connectivity index (χ0v) is 15.2. The first-order valence-corrected chi connectivity index (χ1v) is 8.42. The Labute approximate surface area is 160 Å². The molecule has 8 nitrogen and oxygen atoms in total. The third-order valence-corrected chi connectivity index (χ3v) is 4.29. The van der Waals surface area contributed by atoms with Crippen LogP contribution in [0, 0.1) is 11.3 Å². The van der Waals surface area contributed by atoms with Crippen LogP contribution in [0.3, 0.4) is 0 Å². The minimum atomic E-state index is 0.433. The van der Waals surface area contributed by atoms with E-state index in [2.05, 4.69) is 26.5 Å². The monoisotopic (exact) mass is 372 g/mol. The van der Waals surface area contributed by atoms with Crippen molar-refractivity contribution in [2.45, 2.75) is 0 Å². The highest BCUT2D eigenvalue weighted by molar-refractivity contribution is 5.87. The van der Waals surface area contributed by atoms with Crippen LogP contribution in [0.5, 0.6) is 11.5 Å². The predicted molar refractivity (Wildman–Crippen MR) is 105 cm³/mol. The van der Waals surface area contributed by atoms with E-state index in [4.69, 9.17) is 14.7 Å². The van der Waals surface area contributed by atoms with Crippen molar-refractivity contribution in [3.8, 4) is 17.6 Å². The summed E-state index contributed by atoms with van der Waals surface area (Å²) in [6, 6.07) is 9.44. The van der Waals surface area contributed by atoms with Gasteiger partial charge < -0.3 is 14.8 Å². The quantitative estimate of drug-likeness (QED) is 0.574. The van der Waals surface area contributed by atoms with Crippen molar-refractivity contribution in [3.63, 3.8) is 0 Å². The zero-order valence-electron chi connectivity index (χ0n) is 15.2. The molecule has 0 radical (unpaired) electrons. The number of rotatable bonds is 5. The molecule has 1 aromatic carbocycles. The zero-order chi connectivity index (χ0) is 19.5. The summed E-state index contributed by atoms with van der Waals surface area (Å²) in [5, 5.41) is 17.4. The predicted octanol–water partition coefficient (Wildman–Crippen LogP) is 3.25. The van der Waals surface area contributed by atoms with Crippen molar-refractivity contribution >= 4 is 28.3 Å². The van der Waals surface area contributed by atoms with Gasteiger partial charge in [-0.05, 0) is 24.3 Å². The van der Waals surface area contributed by atoms with E-state index >= 15 is 0 Å². The van der Waals surface area contributed by atoms with Crippen molar-refractivity contribution in [1.82, 2.24) is 19.6 Å². The van der Waals surface area contributed by atoms with Gasteiger partial charge in [0.25, 0.3) is 0 Å². The van der Waals surface area contributed by atoms with Gasteiger partial charge in [0.05, 0.1) is 37.3 Å². The summed E-state index contributed by atoms with van der Waals surface area (Å²) in [6.45, 7) is 0. The highest BCUT2D eigenvalue weighted by Crippen LogP contribution is 2.29. The van der Waals surface area contributed by atoms with Crippen LogP contribution in [0.2, 0.25) is 0 Å². The number of ether oxygens (including phenoxy) is 2. The molecule has 0 fully saturated rings. The number of methoxy groups -OCH3 is 2. The molecule has 0 spiro atoms. The lowest BCUT2D eigenvalue weighted by molar-refractivity contribution is 0.405. The number of nitrogens with zero attached hydrogens (tertiary/aromatic N) is 5. The lowest BCUT2D eigenvalue weighted by Crippen LogP contribution is -1.97. The molecular formula is C20H16N6O2. The molecule has 0 aliphatic rings. The van der Waals surface area contributed by atoms with E-state index in [0.29, 0.717) is 17.0 Å². The topological polar surface area (TPSA) is 97.4 Å². The Morgan fingerprint density at radius 2 is 2.04 bits per heavy atom. The molecule has 0 bridgehead atoms. The molecule has 0 saturated carbocycles. The van der Waals surface area contributed by atoms with Gasteiger partial charge in [-0.25, -0.2) is 9.50 Å². The Bertz CT molecular complexity index is 1240. The van der Waals surface area contributed by atoms with Crippen LogP contribution >= 0.6 is 0 Å². The van der Waals surface area contributed by atoms with Gasteiger partial charge in [-0.15, -0.1) is 0 Å². The summed E-state index contributed by atoms with van der Waals surface area (Å²) in [5.41, 5.74) is 3.26. The van der Waals surface area contributed by atoms with Crippen LogP contribution in [0.1, 0.15) is 11.3 Å². The van der Waals surface area contributed by atoms with E-state index in [9.17, 15) is 0 Å². The molecule has 0 amide bonds. The molecule has 1 N–H and O–H groups in total. The van der Waals surface area contributed by atoms with Gasteiger partial charge in [-0.2, -0.15) is 10.4 Å². The molecule has 3 heterocycles. The Kier molecular flexibility index (Phi) is 4.48. The van der Waals surface area contributed by atoms with Gasteiger partial charge in [-0.1, -0.05) is 0 Å². The molecule has 0 atom stereocenters. The van der Waals surface area contributed by atoms with Gasteiger partial charge in [0.1, 0.15) is 23.1 Å². The minimum absolute atomic E-state index is 0.433. The molecule has 0 aliphatic heterocycles. The Balaban J connectivity index is 1.70. The Morgan fingerprint density at radius 3 is 2.82 bits per heavy atom. The summed E-state index contributed by atoms with van der Waals surface area (Å²) in [6.07, 6.45) is 8.51. The van der Waals surface area contributed by atoms with Gasteiger partial charge in [0, 0.05) is 30.0 Å². The van der Waals surface area contributed by atoms with Crippen LogP contribution in [0.4, 0.5) is 5.69 Å². The molecule has 0 aliphatic carbocycles. The van der Waals surface area contributed by atoms with Crippen molar-refractivity contribution in [2.75, 3.05) is 19.5 Å². The van der Waals surface area contributed by atoms with Crippen LogP contribution in [0.25, 0.3) is 22.6 Å². The highest BCUT2D eigenvalue weighted by Gasteiger charge is 2.10. The van der Waals surface area contributed by atoms with Crippen LogP contribution in [-0.4, -0.2) is 33.8 Å². The maximum Gasteiger partial charge on any atom is 0.173 e. The second kappa shape index (κ2) is 7.25. The number of nitriles is 1. The normalized spacial score (nSPS) is 11.0. The second-order valence-electron chi connectivity index (χ2n) is 5.84. The average molecular weight is 372 g/mol. The van der Waals surface area contributed by atoms with Gasteiger partial charge in [-0.3, -0.25) is 4.98 Å². The number of nitrogens with one attached hydrogen (secondary N) is 1. The smallest absolute Gasteiger partial charge is 0.173 e. The summed E-state index contributed by atoms with van der Waals surface area (Å²) in [5.74, 6) is 1.42. The summed E-state index contributed by atoms with van der Waals surface area (Å²) in [7, 11) is 3.22. The largest absolute Gasteiger partial charge is 0.497 e. The number of hydrogen-bond donors (Lipinski definition) is 1. The molecule has 28 heavy (non-hydrogen) atoms. The second-order valence-corrected chi connectivity index (χ2v) is 5.84. The maximum absolute atomic E-state index is 9.16. The fraction of sp³-hybridized carbons (Fsp3) is 0.100. The molecule has 4 aromatic rings. The van der Waals surface area contributed by atoms with Crippen molar-refractivity contribution in [1.29, 1.82) is 5.26 Å². The fourth-order valence-electron chi connectivity index (χ4n) is 2.91. The minimum Gasteiger partial charge on any atom is -0.497 e. The standard InChI is InChI=1S/C20H16N6O2/c1-27-14-3-4-19(28-2)17(9-14)23-7-5-16-15-12-24-20-13(10-21)11-25-26(20)18(15)6-8-22-16/h3-9,11-12,23H,1-2H3/b7-5+. The molecular weight excluding hydrogens is 356 g/mol. The molecule has 0 unspecified atom stereocenters. The Morgan fingerprint density at radius 1 is 1.14 bits per heavy atom. The molecule has 3 aromatic heterocycles. The Hall–Kier alpha value is -4.12. The lowest BCUT2D eigenvalue weighted by atomic mass is 10.2.